The van der Waals surface area contributed by atoms with Gasteiger partial charge in [0.15, 0.2) is 0 Å². The maximum absolute atomic E-state index is 14.1. The standard InChI is InChI=1S/C25H25FN2O3/c1-25(15-19-6-2-3-8-22(19)26)16-20-14-18(9-10-23(20)31-25)24(30)28(12-13-29)17-21-7-4-5-11-27-21/h2-11,14,29H,12-13,15-17H2,1H3/t25-/m0/s1. The lowest BCUT2D eigenvalue weighted by atomic mass is 9.91. The minimum Gasteiger partial charge on any atom is -0.487 e. The van der Waals surface area contributed by atoms with E-state index < -0.39 is 5.60 Å². The Bertz CT molecular complexity index is 1070. The molecule has 1 amide bonds. The number of amides is 1. The zero-order valence-electron chi connectivity index (χ0n) is 17.4. The van der Waals surface area contributed by atoms with Gasteiger partial charge in [0.25, 0.3) is 5.91 Å². The molecule has 6 heteroatoms. The van der Waals surface area contributed by atoms with Crippen LogP contribution in [-0.2, 0) is 19.4 Å². The number of halogens is 1. The van der Waals surface area contributed by atoms with Crippen molar-refractivity contribution in [3.05, 3.63) is 95.1 Å². The van der Waals surface area contributed by atoms with Gasteiger partial charge in [0.2, 0.25) is 0 Å². The van der Waals surface area contributed by atoms with E-state index in [1.807, 2.05) is 37.3 Å². The molecule has 2 heterocycles. The Hall–Kier alpha value is -3.25. The van der Waals surface area contributed by atoms with Crippen LogP contribution in [0.4, 0.5) is 4.39 Å². The fourth-order valence-corrected chi connectivity index (χ4v) is 4.04. The average molecular weight is 420 g/mol. The molecule has 0 saturated heterocycles. The normalized spacial score (nSPS) is 17.1. The van der Waals surface area contributed by atoms with E-state index in [1.165, 1.54) is 6.07 Å². The van der Waals surface area contributed by atoms with Gasteiger partial charge in [-0.15, -0.1) is 0 Å². The third-order valence-electron chi connectivity index (χ3n) is 5.49. The zero-order chi connectivity index (χ0) is 21.8. The predicted octanol–water partition coefficient (Wildman–Crippen LogP) is 3.79. The Balaban J connectivity index is 1.52. The predicted molar refractivity (Wildman–Crippen MR) is 115 cm³/mol. The molecule has 0 spiro atoms. The largest absolute Gasteiger partial charge is 0.487 e. The molecule has 0 bridgehead atoms. The topological polar surface area (TPSA) is 62.7 Å². The molecular formula is C25H25FN2O3. The highest BCUT2D eigenvalue weighted by atomic mass is 19.1. The SMILES string of the molecule is C[C@]1(Cc2ccccc2F)Cc2cc(C(=O)N(CCO)Cc3ccccn3)ccc2O1. The van der Waals surface area contributed by atoms with Crippen LogP contribution in [0.3, 0.4) is 0 Å². The number of ether oxygens (including phenoxy) is 1. The van der Waals surface area contributed by atoms with E-state index in [9.17, 15) is 14.3 Å². The summed E-state index contributed by atoms with van der Waals surface area (Å²) < 4.78 is 20.3. The summed E-state index contributed by atoms with van der Waals surface area (Å²) in [5.41, 5.74) is 2.24. The first-order valence-electron chi connectivity index (χ1n) is 10.3. The molecule has 1 atom stereocenters. The second kappa shape index (κ2) is 8.86. The van der Waals surface area contributed by atoms with E-state index in [2.05, 4.69) is 4.98 Å². The third kappa shape index (κ3) is 4.75. The first kappa shape index (κ1) is 21.0. The summed E-state index contributed by atoms with van der Waals surface area (Å²) in [5.74, 6) is 0.298. The highest BCUT2D eigenvalue weighted by Crippen LogP contribution is 2.38. The van der Waals surface area contributed by atoms with Crippen molar-refractivity contribution in [2.75, 3.05) is 13.2 Å². The molecule has 0 unspecified atom stereocenters. The number of hydrogen-bond donors (Lipinski definition) is 1. The molecule has 1 N–H and O–H groups in total. The molecule has 0 saturated carbocycles. The summed E-state index contributed by atoms with van der Waals surface area (Å²) in [6, 6.07) is 17.6. The van der Waals surface area contributed by atoms with Crippen LogP contribution in [0.2, 0.25) is 0 Å². The second-order valence-corrected chi connectivity index (χ2v) is 8.09. The van der Waals surface area contributed by atoms with Gasteiger partial charge in [-0.2, -0.15) is 0 Å². The lowest BCUT2D eigenvalue weighted by Crippen LogP contribution is -2.33. The summed E-state index contributed by atoms with van der Waals surface area (Å²) in [6.07, 6.45) is 2.70. The van der Waals surface area contributed by atoms with Crippen molar-refractivity contribution in [3.63, 3.8) is 0 Å². The smallest absolute Gasteiger partial charge is 0.254 e. The highest BCUT2D eigenvalue weighted by molar-refractivity contribution is 5.94. The molecule has 4 rings (SSSR count). The van der Waals surface area contributed by atoms with Crippen molar-refractivity contribution >= 4 is 5.91 Å². The maximum Gasteiger partial charge on any atom is 0.254 e. The average Bonchev–Trinajstić information content (AvgIpc) is 3.10. The number of carbonyl (C=O) groups excluding carboxylic acids is 1. The van der Waals surface area contributed by atoms with Crippen LogP contribution < -0.4 is 4.74 Å². The van der Waals surface area contributed by atoms with E-state index in [4.69, 9.17) is 4.74 Å². The number of carbonyl (C=O) groups is 1. The van der Waals surface area contributed by atoms with Crippen molar-refractivity contribution in [2.45, 2.75) is 31.9 Å². The van der Waals surface area contributed by atoms with E-state index in [0.717, 1.165) is 11.3 Å². The van der Waals surface area contributed by atoms with E-state index in [0.29, 0.717) is 36.3 Å². The first-order valence-corrected chi connectivity index (χ1v) is 10.3. The van der Waals surface area contributed by atoms with Gasteiger partial charge in [-0.05, 0) is 54.4 Å². The number of benzene rings is 2. The molecule has 0 radical (unpaired) electrons. The number of aliphatic hydroxyl groups is 1. The Morgan fingerprint density at radius 1 is 1.19 bits per heavy atom. The Labute approximate surface area is 181 Å². The van der Waals surface area contributed by atoms with Gasteiger partial charge in [-0.25, -0.2) is 4.39 Å². The lowest BCUT2D eigenvalue weighted by Gasteiger charge is -2.24. The van der Waals surface area contributed by atoms with Gasteiger partial charge >= 0.3 is 0 Å². The zero-order valence-corrected chi connectivity index (χ0v) is 17.4. The molecule has 5 nitrogen and oxygen atoms in total. The minimum absolute atomic E-state index is 0.132. The van der Waals surface area contributed by atoms with Crippen LogP contribution in [0.5, 0.6) is 5.75 Å². The Morgan fingerprint density at radius 3 is 2.74 bits per heavy atom. The maximum atomic E-state index is 14.1. The fourth-order valence-electron chi connectivity index (χ4n) is 4.04. The van der Waals surface area contributed by atoms with Gasteiger partial charge in [0.05, 0.1) is 18.8 Å². The van der Waals surface area contributed by atoms with Crippen LogP contribution in [0.25, 0.3) is 0 Å². The van der Waals surface area contributed by atoms with Crippen LogP contribution in [0.1, 0.15) is 34.1 Å². The molecule has 1 aliphatic heterocycles. The summed E-state index contributed by atoms with van der Waals surface area (Å²) in [4.78, 5) is 19.0. The monoisotopic (exact) mass is 420 g/mol. The quantitative estimate of drug-likeness (QED) is 0.632. The summed E-state index contributed by atoms with van der Waals surface area (Å²) in [5, 5.41) is 9.43. The number of aromatic nitrogens is 1. The number of hydrogen-bond acceptors (Lipinski definition) is 4. The fraction of sp³-hybridized carbons (Fsp3) is 0.280. The summed E-state index contributed by atoms with van der Waals surface area (Å²) in [6.45, 7) is 2.36. The van der Waals surface area contributed by atoms with Crippen LogP contribution in [-0.4, -0.2) is 39.7 Å². The molecule has 31 heavy (non-hydrogen) atoms. The van der Waals surface area contributed by atoms with Crippen molar-refractivity contribution in [3.8, 4) is 5.75 Å². The molecular weight excluding hydrogens is 395 g/mol. The van der Waals surface area contributed by atoms with Crippen LogP contribution in [0.15, 0.2) is 66.9 Å². The van der Waals surface area contributed by atoms with E-state index >= 15 is 0 Å². The molecule has 0 fully saturated rings. The molecule has 3 aromatic rings. The number of aliphatic hydroxyl groups excluding tert-OH is 1. The minimum atomic E-state index is -0.578. The van der Waals surface area contributed by atoms with E-state index in [1.54, 1.807) is 35.4 Å². The molecule has 1 aromatic heterocycles. The van der Waals surface area contributed by atoms with Gasteiger partial charge in [-0.3, -0.25) is 9.78 Å². The molecule has 1 aliphatic rings. The molecule has 160 valence electrons. The summed E-state index contributed by atoms with van der Waals surface area (Å²) in [7, 11) is 0. The second-order valence-electron chi connectivity index (χ2n) is 8.09. The van der Waals surface area contributed by atoms with Gasteiger partial charge in [0.1, 0.15) is 17.2 Å². The third-order valence-corrected chi connectivity index (χ3v) is 5.49. The lowest BCUT2D eigenvalue weighted by molar-refractivity contribution is 0.0705. The van der Waals surface area contributed by atoms with Crippen molar-refractivity contribution in [2.24, 2.45) is 0 Å². The highest BCUT2D eigenvalue weighted by Gasteiger charge is 2.36. The number of fused-ring (bicyclic) bond motifs is 1. The number of rotatable bonds is 7. The van der Waals surface area contributed by atoms with Crippen molar-refractivity contribution < 1.29 is 19.0 Å². The molecule has 0 aliphatic carbocycles. The van der Waals surface area contributed by atoms with Gasteiger partial charge < -0.3 is 14.7 Å². The molecule has 2 aromatic carbocycles. The first-order chi connectivity index (χ1) is 15.0. The van der Waals surface area contributed by atoms with Crippen LogP contribution >= 0.6 is 0 Å². The van der Waals surface area contributed by atoms with E-state index in [-0.39, 0.29) is 24.9 Å². The Morgan fingerprint density at radius 2 is 2.00 bits per heavy atom. The summed E-state index contributed by atoms with van der Waals surface area (Å²) >= 11 is 0. The Kier molecular flexibility index (Phi) is 6.00. The number of nitrogens with zero attached hydrogens (tertiary/aromatic N) is 2. The van der Waals surface area contributed by atoms with Crippen molar-refractivity contribution in [1.29, 1.82) is 0 Å². The van der Waals surface area contributed by atoms with Crippen molar-refractivity contribution in [1.82, 2.24) is 9.88 Å². The number of pyridine rings is 1. The van der Waals surface area contributed by atoms with Gasteiger partial charge in [-0.1, -0.05) is 24.3 Å². The van der Waals surface area contributed by atoms with Crippen LogP contribution in [0, 0.1) is 5.82 Å². The van der Waals surface area contributed by atoms with Gasteiger partial charge in [0, 0.05) is 31.1 Å².